The molecule has 0 bridgehead atoms. The van der Waals surface area contributed by atoms with Gasteiger partial charge in [-0.15, -0.1) is 11.8 Å². The van der Waals surface area contributed by atoms with Gasteiger partial charge < -0.3 is 15.4 Å². The molecule has 1 aliphatic heterocycles. The Labute approximate surface area is 163 Å². The van der Waals surface area contributed by atoms with E-state index >= 15 is 0 Å². The lowest BCUT2D eigenvalue weighted by atomic mass is 9.97. The average molecular weight is 388 g/mol. The van der Waals surface area contributed by atoms with Crippen molar-refractivity contribution < 1.29 is 19.1 Å². The van der Waals surface area contributed by atoms with E-state index in [1.165, 1.54) is 18.4 Å². The van der Waals surface area contributed by atoms with Crippen LogP contribution in [0.4, 0.5) is 5.69 Å². The predicted molar refractivity (Wildman–Crippen MR) is 105 cm³/mol. The van der Waals surface area contributed by atoms with Crippen LogP contribution in [0.3, 0.4) is 0 Å². The molecule has 7 heteroatoms. The number of anilines is 1. The SMILES string of the molecule is O=C(COC(=O)c1ccc2c(c1)NC(=O)CCS2)NCCC1=CCCCC1. The van der Waals surface area contributed by atoms with E-state index in [4.69, 9.17) is 4.74 Å². The molecule has 0 saturated heterocycles. The quantitative estimate of drug-likeness (QED) is 0.577. The number of hydrogen-bond acceptors (Lipinski definition) is 5. The number of carbonyl (C=O) groups excluding carboxylic acids is 3. The number of rotatable bonds is 6. The number of benzene rings is 1. The second-order valence-electron chi connectivity index (χ2n) is 6.64. The Bertz CT molecular complexity index is 760. The largest absolute Gasteiger partial charge is 0.452 e. The fourth-order valence-electron chi connectivity index (χ4n) is 3.11. The van der Waals surface area contributed by atoms with E-state index in [-0.39, 0.29) is 18.4 Å². The third-order valence-corrected chi connectivity index (χ3v) is 5.64. The molecule has 2 aliphatic rings. The summed E-state index contributed by atoms with van der Waals surface area (Å²) in [7, 11) is 0. The van der Waals surface area contributed by atoms with Gasteiger partial charge in [0.2, 0.25) is 5.91 Å². The van der Waals surface area contributed by atoms with Crippen LogP contribution in [0.5, 0.6) is 0 Å². The zero-order valence-electron chi connectivity index (χ0n) is 15.2. The smallest absolute Gasteiger partial charge is 0.338 e. The molecule has 0 atom stereocenters. The molecule has 27 heavy (non-hydrogen) atoms. The van der Waals surface area contributed by atoms with Crippen molar-refractivity contribution in [2.24, 2.45) is 0 Å². The molecule has 2 amide bonds. The van der Waals surface area contributed by atoms with Crippen molar-refractivity contribution in [3.05, 3.63) is 35.4 Å². The second-order valence-corrected chi connectivity index (χ2v) is 7.78. The summed E-state index contributed by atoms with van der Waals surface area (Å²) in [6, 6.07) is 5.04. The second kappa shape index (κ2) is 9.60. The predicted octanol–water partition coefficient (Wildman–Crippen LogP) is 3.28. The summed E-state index contributed by atoms with van der Waals surface area (Å²) in [4.78, 5) is 36.6. The summed E-state index contributed by atoms with van der Waals surface area (Å²) in [5.41, 5.74) is 2.32. The highest BCUT2D eigenvalue weighted by molar-refractivity contribution is 7.99. The highest BCUT2D eigenvalue weighted by Gasteiger charge is 2.17. The summed E-state index contributed by atoms with van der Waals surface area (Å²) < 4.78 is 5.10. The molecular formula is C20H24N2O4S. The highest BCUT2D eigenvalue weighted by Crippen LogP contribution is 2.31. The fourth-order valence-corrected chi connectivity index (χ4v) is 4.04. The molecule has 0 saturated carbocycles. The van der Waals surface area contributed by atoms with Gasteiger partial charge in [-0.3, -0.25) is 9.59 Å². The van der Waals surface area contributed by atoms with Gasteiger partial charge in [0.15, 0.2) is 6.61 Å². The third-order valence-electron chi connectivity index (χ3n) is 4.56. The third kappa shape index (κ3) is 5.85. The normalized spacial score (nSPS) is 16.4. The summed E-state index contributed by atoms with van der Waals surface area (Å²) in [5.74, 6) is -0.247. The zero-order valence-corrected chi connectivity index (χ0v) is 16.0. The van der Waals surface area contributed by atoms with Crippen LogP contribution < -0.4 is 10.6 Å². The zero-order chi connectivity index (χ0) is 19.1. The van der Waals surface area contributed by atoms with E-state index < -0.39 is 5.97 Å². The topological polar surface area (TPSA) is 84.5 Å². The van der Waals surface area contributed by atoms with E-state index in [1.807, 2.05) is 0 Å². The first kappa shape index (κ1) is 19.5. The maximum Gasteiger partial charge on any atom is 0.338 e. The van der Waals surface area contributed by atoms with Gasteiger partial charge in [0, 0.05) is 23.6 Å². The van der Waals surface area contributed by atoms with Crippen molar-refractivity contribution in [2.45, 2.75) is 43.4 Å². The number of amides is 2. The molecule has 0 spiro atoms. The Hall–Kier alpha value is -2.28. The molecule has 6 nitrogen and oxygen atoms in total. The molecular weight excluding hydrogens is 364 g/mol. The van der Waals surface area contributed by atoms with Gasteiger partial charge in [-0.2, -0.15) is 0 Å². The number of carbonyl (C=O) groups is 3. The molecule has 0 aromatic heterocycles. The molecule has 1 aromatic carbocycles. The Balaban J connectivity index is 1.45. The van der Waals surface area contributed by atoms with Gasteiger partial charge in [-0.25, -0.2) is 4.79 Å². The van der Waals surface area contributed by atoms with Gasteiger partial charge >= 0.3 is 5.97 Å². The Morgan fingerprint density at radius 2 is 2.11 bits per heavy atom. The molecule has 0 fully saturated rings. The summed E-state index contributed by atoms with van der Waals surface area (Å²) in [6.07, 6.45) is 8.25. The minimum absolute atomic E-state index is 0.0702. The summed E-state index contributed by atoms with van der Waals surface area (Å²) in [6.45, 7) is 0.250. The number of fused-ring (bicyclic) bond motifs is 1. The minimum Gasteiger partial charge on any atom is -0.452 e. The monoisotopic (exact) mass is 388 g/mol. The Morgan fingerprint density at radius 1 is 1.22 bits per heavy atom. The van der Waals surface area contributed by atoms with Crippen LogP contribution in [0.15, 0.2) is 34.7 Å². The number of nitrogens with one attached hydrogen (secondary N) is 2. The highest BCUT2D eigenvalue weighted by atomic mass is 32.2. The molecule has 3 rings (SSSR count). The van der Waals surface area contributed by atoms with Crippen molar-refractivity contribution in [1.29, 1.82) is 0 Å². The van der Waals surface area contributed by atoms with E-state index in [9.17, 15) is 14.4 Å². The van der Waals surface area contributed by atoms with Crippen molar-refractivity contribution in [1.82, 2.24) is 5.32 Å². The lowest BCUT2D eigenvalue weighted by molar-refractivity contribution is -0.124. The van der Waals surface area contributed by atoms with Gasteiger partial charge in [-0.1, -0.05) is 11.6 Å². The van der Waals surface area contributed by atoms with Crippen molar-refractivity contribution in [2.75, 3.05) is 24.2 Å². The molecule has 0 unspecified atom stereocenters. The molecule has 1 aliphatic carbocycles. The lowest BCUT2D eigenvalue weighted by Gasteiger charge is -2.13. The maximum absolute atomic E-state index is 12.2. The first-order chi connectivity index (χ1) is 13.1. The van der Waals surface area contributed by atoms with Crippen LogP contribution >= 0.6 is 11.8 Å². The van der Waals surface area contributed by atoms with Crippen LogP contribution in [0.1, 0.15) is 48.9 Å². The van der Waals surface area contributed by atoms with Crippen LogP contribution in [0.25, 0.3) is 0 Å². The van der Waals surface area contributed by atoms with Crippen LogP contribution in [0, 0.1) is 0 Å². The number of esters is 1. The van der Waals surface area contributed by atoms with Gasteiger partial charge in [0.1, 0.15) is 0 Å². The Kier molecular flexibility index (Phi) is 6.92. The van der Waals surface area contributed by atoms with Crippen LogP contribution in [-0.4, -0.2) is 36.7 Å². The van der Waals surface area contributed by atoms with Crippen molar-refractivity contribution in [3.8, 4) is 0 Å². The lowest BCUT2D eigenvalue weighted by Crippen LogP contribution is -2.29. The van der Waals surface area contributed by atoms with E-state index in [0.29, 0.717) is 30.0 Å². The van der Waals surface area contributed by atoms with Gasteiger partial charge in [0.05, 0.1) is 11.3 Å². The molecule has 2 N–H and O–H groups in total. The molecule has 144 valence electrons. The fraction of sp³-hybridized carbons (Fsp3) is 0.450. The first-order valence-corrected chi connectivity index (χ1v) is 10.3. The van der Waals surface area contributed by atoms with Gasteiger partial charge in [-0.05, 0) is 50.3 Å². The summed E-state index contributed by atoms with van der Waals surface area (Å²) in [5, 5.41) is 5.57. The van der Waals surface area contributed by atoms with Crippen LogP contribution in [0.2, 0.25) is 0 Å². The number of ether oxygens (including phenoxy) is 1. The average Bonchev–Trinajstić information content (AvgIpc) is 2.86. The van der Waals surface area contributed by atoms with Crippen molar-refractivity contribution in [3.63, 3.8) is 0 Å². The summed E-state index contributed by atoms with van der Waals surface area (Å²) >= 11 is 1.57. The van der Waals surface area contributed by atoms with Crippen molar-refractivity contribution >= 4 is 35.2 Å². The first-order valence-electron chi connectivity index (χ1n) is 9.30. The number of thioether (sulfide) groups is 1. The molecule has 1 aromatic rings. The molecule has 1 heterocycles. The standard InChI is InChI=1S/C20H24N2O4S/c23-18-9-11-27-17-7-6-15(12-16(17)22-18)20(25)26-13-19(24)21-10-8-14-4-2-1-3-5-14/h4,6-7,12H,1-3,5,8-11,13H2,(H,21,24)(H,22,23). The minimum atomic E-state index is -0.577. The maximum atomic E-state index is 12.2. The Morgan fingerprint density at radius 3 is 2.93 bits per heavy atom. The van der Waals surface area contributed by atoms with E-state index in [1.54, 1.807) is 30.0 Å². The number of allylic oxidation sites excluding steroid dienone is 1. The van der Waals surface area contributed by atoms with E-state index in [0.717, 1.165) is 24.2 Å². The van der Waals surface area contributed by atoms with E-state index in [2.05, 4.69) is 16.7 Å². The van der Waals surface area contributed by atoms with Gasteiger partial charge in [0.25, 0.3) is 5.91 Å². The number of hydrogen-bond donors (Lipinski definition) is 2. The van der Waals surface area contributed by atoms with Crippen LogP contribution in [-0.2, 0) is 14.3 Å². The molecule has 0 radical (unpaired) electrons.